The zero-order valence-corrected chi connectivity index (χ0v) is 31.2. The number of hydrogen-bond donors (Lipinski definition) is 4. The number of carboxylic acids is 1. The third kappa shape index (κ3) is 12.6. The zero-order chi connectivity index (χ0) is 39.2. The Bertz CT molecular complexity index is 1890. The molecule has 2 amide bonds. The van der Waals surface area contributed by atoms with Gasteiger partial charge in [0.05, 0.1) is 18.0 Å². The summed E-state index contributed by atoms with van der Waals surface area (Å²) in [4.78, 5) is 67.7. The van der Waals surface area contributed by atoms with E-state index >= 15 is 0 Å². The number of anilines is 2. The summed E-state index contributed by atoms with van der Waals surface area (Å²) < 4.78 is 4.71. The van der Waals surface area contributed by atoms with Crippen molar-refractivity contribution in [3.8, 4) is 17.3 Å². The summed E-state index contributed by atoms with van der Waals surface area (Å²) in [6.07, 6.45) is 4.53. The Morgan fingerprint density at radius 2 is 1.69 bits per heavy atom. The number of pyridine rings is 1. The van der Waals surface area contributed by atoms with Gasteiger partial charge in [-0.25, -0.2) is 19.6 Å². The molecule has 2 saturated heterocycles. The molecule has 3 aromatic rings. The van der Waals surface area contributed by atoms with Gasteiger partial charge < -0.3 is 35.8 Å². The first-order valence-corrected chi connectivity index (χ1v) is 19.0. The van der Waals surface area contributed by atoms with Crippen LogP contribution in [0.15, 0.2) is 59.8 Å². The lowest BCUT2D eigenvalue weighted by molar-refractivity contribution is -0.142. The van der Waals surface area contributed by atoms with Gasteiger partial charge in [0.1, 0.15) is 17.5 Å². The summed E-state index contributed by atoms with van der Waals surface area (Å²) >= 11 is 1.31. The smallest absolute Gasteiger partial charge is 0.331 e. The molecule has 0 atom stereocenters. The highest BCUT2D eigenvalue weighted by Gasteiger charge is 2.25. The number of amides is 2. The summed E-state index contributed by atoms with van der Waals surface area (Å²) in [7, 11) is 0. The molecule has 2 aliphatic rings. The van der Waals surface area contributed by atoms with Gasteiger partial charge in [-0.1, -0.05) is 30.0 Å². The summed E-state index contributed by atoms with van der Waals surface area (Å²) in [5.74, 6) is -1.67. The number of nitrogen functional groups attached to an aromatic ring is 1. The Hall–Kier alpha value is -5.41. The lowest BCUT2D eigenvalue weighted by Crippen LogP contribution is -2.50. The van der Waals surface area contributed by atoms with E-state index < -0.39 is 24.5 Å². The van der Waals surface area contributed by atoms with Crippen LogP contribution < -0.4 is 11.1 Å². The quantitative estimate of drug-likeness (QED) is 0.0708. The maximum absolute atomic E-state index is 13.1. The van der Waals surface area contributed by atoms with Gasteiger partial charge >= 0.3 is 11.9 Å². The van der Waals surface area contributed by atoms with Gasteiger partial charge in [-0.3, -0.25) is 19.5 Å². The number of aliphatic hydroxyl groups excluding tert-OH is 1. The SMILES string of the molecule is N#Cc1c(N)nc(SCc2cccc(CCC(=O)N3CCN(CC4CCN(CCO)CC4)CC3)n2)nc1-c1ccc(NC(=O)COC(=O)/C=C\C(=O)O)cc1. The Balaban J connectivity index is 1.09. The highest BCUT2D eigenvalue weighted by molar-refractivity contribution is 7.98. The summed E-state index contributed by atoms with van der Waals surface area (Å²) in [5, 5.41) is 30.5. The molecule has 55 heavy (non-hydrogen) atoms. The van der Waals surface area contributed by atoms with Crippen molar-refractivity contribution in [3.63, 3.8) is 0 Å². The molecule has 2 aromatic heterocycles. The number of carbonyl (C=O) groups is 4. The van der Waals surface area contributed by atoms with Crippen LogP contribution in [0.25, 0.3) is 11.3 Å². The number of nitrogens with two attached hydrogens (primary N) is 1. The predicted octanol–water partition coefficient (Wildman–Crippen LogP) is 2.19. The molecule has 0 saturated carbocycles. The zero-order valence-electron chi connectivity index (χ0n) is 30.4. The minimum atomic E-state index is -1.32. The molecule has 5 rings (SSSR count). The Morgan fingerprint density at radius 1 is 0.964 bits per heavy atom. The average Bonchev–Trinajstić information content (AvgIpc) is 3.19. The number of benzene rings is 1. The van der Waals surface area contributed by atoms with Crippen molar-refractivity contribution in [3.05, 3.63) is 71.6 Å². The van der Waals surface area contributed by atoms with Gasteiger partial charge in [0.15, 0.2) is 11.8 Å². The first-order chi connectivity index (χ1) is 26.6. The molecule has 2 fully saturated rings. The van der Waals surface area contributed by atoms with Gasteiger partial charge in [-0.15, -0.1) is 0 Å². The number of carbonyl (C=O) groups excluding carboxylic acids is 3. The number of β-amino-alcohol motifs (C(OH)–C–C–N with tert-alkyl or cyclic N) is 1. The Morgan fingerprint density at radius 3 is 2.38 bits per heavy atom. The van der Waals surface area contributed by atoms with Crippen LogP contribution in [0.5, 0.6) is 0 Å². The maximum Gasteiger partial charge on any atom is 0.331 e. The monoisotopic (exact) mass is 771 g/mol. The number of esters is 1. The number of nitrogens with one attached hydrogen (secondary N) is 1. The summed E-state index contributed by atoms with van der Waals surface area (Å²) in [5.41, 5.74) is 9.11. The number of likely N-dealkylation sites (tertiary alicyclic amines) is 1. The molecule has 0 unspecified atom stereocenters. The first kappa shape index (κ1) is 40.8. The molecule has 0 spiro atoms. The minimum Gasteiger partial charge on any atom is -0.478 e. The molecular weight excluding hydrogens is 727 g/mol. The van der Waals surface area contributed by atoms with Crippen molar-refractivity contribution in [1.82, 2.24) is 29.7 Å². The van der Waals surface area contributed by atoms with Crippen LogP contribution in [0.3, 0.4) is 0 Å². The van der Waals surface area contributed by atoms with E-state index in [-0.39, 0.29) is 23.9 Å². The number of nitriles is 1. The summed E-state index contributed by atoms with van der Waals surface area (Å²) in [6, 6.07) is 14.2. The van der Waals surface area contributed by atoms with Gasteiger partial charge in [-0.05, 0) is 62.5 Å². The van der Waals surface area contributed by atoms with Crippen molar-refractivity contribution in [2.24, 2.45) is 5.92 Å². The number of aromatic nitrogens is 3. The fourth-order valence-electron chi connectivity index (χ4n) is 6.43. The normalized spacial score (nSPS) is 15.5. The highest BCUT2D eigenvalue weighted by atomic mass is 32.2. The van der Waals surface area contributed by atoms with Crippen molar-refractivity contribution in [1.29, 1.82) is 5.26 Å². The van der Waals surface area contributed by atoms with Crippen LogP contribution in [0.4, 0.5) is 11.5 Å². The van der Waals surface area contributed by atoms with Crippen LogP contribution in [-0.4, -0.2) is 129 Å². The third-order valence-corrected chi connectivity index (χ3v) is 10.2. The van der Waals surface area contributed by atoms with Crippen molar-refractivity contribution in [2.75, 3.05) is 76.6 Å². The van der Waals surface area contributed by atoms with Crippen molar-refractivity contribution in [2.45, 2.75) is 36.6 Å². The van der Waals surface area contributed by atoms with E-state index in [1.165, 1.54) is 11.8 Å². The number of ether oxygens (including phenoxy) is 1. The number of aliphatic carboxylic acids is 1. The van der Waals surface area contributed by atoms with Crippen LogP contribution in [0, 0.1) is 17.2 Å². The Kier molecular flexibility index (Phi) is 15.1. The highest BCUT2D eigenvalue weighted by Crippen LogP contribution is 2.29. The molecule has 17 heteroatoms. The number of thioether (sulfide) groups is 1. The van der Waals surface area contributed by atoms with Crippen molar-refractivity contribution >= 4 is 47.0 Å². The fourth-order valence-corrected chi connectivity index (χ4v) is 7.19. The molecule has 290 valence electrons. The van der Waals surface area contributed by atoms with E-state index in [1.807, 2.05) is 23.1 Å². The average molecular weight is 772 g/mol. The van der Waals surface area contributed by atoms with Crippen LogP contribution in [0.1, 0.15) is 36.2 Å². The molecule has 0 radical (unpaired) electrons. The number of aliphatic hydroxyl groups is 1. The molecule has 1 aromatic carbocycles. The second-order valence-corrected chi connectivity index (χ2v) is 14.2. The molecular formula is C38H45N9O7S. The van der Waals surface area contributed by atoms with E-state index in [4.69, 9.17) is 20.6 Å². The number of hydrogen-bond acceptors (Lipinski definition) is 14. The Labute approximate surface area is 323 Å². The number of carboxylic acid groups (broad SMARTS) is 1. The topological polar surface area (TPSA) is 228 Å². The molecule has 0 bridgehead atoms. The standard InChI is InChI=1S/C38H45N9O7S/c39-22-31-36(27-4-6-29(7-5-27)42-32(49)24-54-35(53)11-10-34(51)52)43-38(44-37(31)40)55-25-30-3-1-2-28(41-30)8-9-33(50)47-18-16-46(17-19-47)23-26-12-14-45(15-13-26)20-21-48/h1-7,10-11,26,48H,8-9,12-21,23-25H2,(H,42,49)(H,51,52)(H2,40,43,44)/b11-10-. The van der Waals surface area contributed by atoms with Crippen LogP contribution in [0.2, 0.25) is 0 Å². The van der Waals surface area contributed by atoms with E-state index in [0.717, 1.165) is 76.6 Å². The van der Waals surface area contributed by atoms with E-state index in [0.29, 0.717) is 58.8 Å². The number of piperidine rings is 1. The van der Waals surface area contributed by atoms with E-state index in [2.05, 4.69) is 31.2 Å². The second kappa shape index (κ2) is 20.3. The second-order valence-electron chi connectivity index (χ2n) is 13.2. The van der Waals surface area contributed by atoms with E-state index in [1.54, 1.807) is 24.3 Å². The van der Waals surface area contributed by atoms with Gasteiger partial charge in [0, 0.05) is 80.5 Å². The lowest BCUT2D eigenvalue weighted by Gasteiger charge is -2.38. The molecule has 0 aliphatic carbocycles. The molecule has 16 nitrogen and oxygen atoms in total. The largest absolute Gasteiger partial charge is 0.478 e. The maximum atomic E-state index is 13.1. The van der Waals surface area contributed by atoms with E-state index in [9.17, 15) is 29.5 Å². The van der Waals surface area contributed by atoms with Gasteiger partial charge in [-0.2, -0.15) is 5.26 Å². The number of nitrogens with zero attached hydrogens (tertiary/aromatic N) is 7. The number of aryl methyl sites for hydroxylation is 1. The van der Waals surface area contributed by atoms with Crippen LogP contribution in [-0.2, 0) is 36.1 Å². The van der Waals surface area contributed by atoms with Gasteiger partial charge in [0.2, 0.25) is 5.91 Å². The fraction of sp³-hybridized carbons (Fsp3) is 0.421. The lowest BCUT2D eigenvalue weighted by atomic mass is 9.96. The third-order valence-electron chi connectivity index (χ3n) is 9.35. The molecule has 5 N–H and O–H groups in total. The molecule has 4 heterocycles. The first-order valence-electron chi connectivity index (χ1n) is 18.1. The van der Waals surface area contributed by atoms with Crippen LogP contribution >= 0.6 is 11.8 Å². The summed E-state index contributed by atoms with van der Waals surface area (Å²) in [6.45, 7) is 6.76. The molecule has 2 aliphatic heterocycles. The number of piperazine rings is 1. The number of rotatable bonds is 16. The van der Waals surface area contributed by atoms with Gasteiger partial charge in [0.25, 0.3) is 5.91 Å². The predicted molar refractivity (Wildman–Crippen MR) is 204 cm³/mol. The minimum absolute atomic E-state index is 0.0202. The van der Waals surface area contributed by atoms with Crippen molar-refractivity contribution < 1.29 is 34.1 Å².